The SMILES string of the molecule is CC(C)C(O)CNC(=O)/C=C/c1ccc(Cl)nc1. The summed E-state index contributed by atoms with van der Waals surface area (Å²) in [6.07, 6.45) is 4.09. The highest BCUT2D eigenvalue weighted by molar-refractivity contribution is 6.29. The highest BCUT2D eigenvalue weighted by atomic mass is 35.5. The molecule has 0 aliphatic rings. The van der Waals surface area contributed by atoms with Crippen LogP contribution < -0.4 is 5.32 Å². The van der Waals surface area contributed by atoms with Gasteiger partial charge in [-0.05, 0) is 23.6 Å². The summed E-state index contributed by atoms with van der Waals surface area (Å²) in [6.45, 7) is 4.04. The first-order valence-corrected chi connectivity index (χ1v) is 6.12. The Kier molecular flexibility index (Phi) is 5.82. The Morgan fingerprint density at radius 1 is 1.56 bits per heavy atom. The van der Waals surface area contributed by atoms with Crippen LogP contribution in [0.1, 0.15) is 19.4 Å². The molecule has 1 aromatic heterocycles. The Balaban J connectivity index is 2.42. The highest BCUT2D eigenvalue weighted by Crippen LogP contribution is 2.06. The summed E-state index contributed by atoms with van der Waals surface area (Å²) in [6, 6.07) is 3.42. The van der Waals surface area contributed by atoms with E-state index in [2.05, 4.69) is 10.3 Å². The smallest absolute Gasteiger partial charge is 0.244 e. The zero-order valence-corrected chi connectivity index (χ0v) is 11.2. The van der Waals surface area contributed by atoms with Crippen molar-refractivity contribution in [1.29, 1.82) is 0 Å². The van der Waals surface area contributed by atoms with E-state index in [1.807, 2.05) is 13.8 Å². The Bertz CT molecular complexity index is 416. The van der Waals surface area contributed by atoms with E-state index >= 15 is 0 Å². The molecule has 1 heterocycles. The molecule has 4 nitrogen and oxygen atoms in total. The van der Waals surface area contributed by atoms with E-state index in [4.69, 9.17) is 11.6 Å². The number of aliphatic hydroxyl groups is 1. The fraction of sp³-hybridized carbons (Fsp3) is 0.385. The van der Waals surface area contributed by atoms with Gasteiger partial charge in [0.25, 0.3) is 0 Å². The molecule has 0 aliphatic carbocycles. The van der Waals surface area contributed by atoms with Gasteiger partial charge < -0.3 is 10.4 Å². The maximum Gasteiger partial charge on any atom is 0.244 e. The normalized spacial score (nSPS) is 12.9. The Morgan fingerprint density at radius 3 is 2.83 bits per heavy atom. The zero-order chi connectivity index (χ0) is 13.5. The molecule has 0 bridgehead atoms. The second kappa shape index (κ2) is 7.13. The van der Waals surface area contributed by atoms with Crippen LogP contribution in [-0.2, 0) is 4.79 Å². The number of carbonyl (C=O) groups is 1. The van der Waals surface area contributed by atoms with E-state index in [9.17, 15) is 9.90 Å². The molecule has 0 spiro atoms. The maximum absolute atomic E-state index is 11.5. The molecule has 0 saturated heterocycles. The molecule has 0 aromatic carbocycles. The second-order valence-corrected chi connectivity index (χ2v) is 4.69. The lowest BCUT2D eigenvalue weighted by atomic mass is 10.1. The predicted octanol–water partition coefficient (Wildman–Crippen LogP) is 1.88. The quantitative estimate of drug-likeness (QED) is 0.633. The van der Waals surface area contributed by atoms with Gasteiger partial charge in [0, 0.05) is 18.8 Å². The average Bonchev–Trinajstić information content (AvgIpc) is 2.35. The third-order valence-electron chi connectivity index (χ3n) is 2.43. The zero-order valence-electron chi connectivity index (χ0n) is 10.4. The van der Waals surface area contributed by atoms with Gasteiger partial charge in [-0.15, -0.1) is 0 Å². The predicted molar refractivity (Wildman–Crippen MR) is 72.1 cm³/mol. The lowest BCUT2D eigenvalue weighted by molar-refractivity contribution is -0.117. The molecule has 0 aliphatic heterocycles. The van der Waals surface area contributed by atoms with Crippen LogP contribution in [0.5, 0.6) is 0 Å². The number of nitrogens with one attached hydrogen (secondary N) is 1. The summed E-state index contributed by atoms with van der Waals surface area (Å²) in [5, 5.41) is 12.6. The van der Waals surface area contributed by atoms with Gasteiger partial charge in [-0.3, -0.25) is 4.79 Å². The molecule has 0 saturated carbocycles. The van der Waals surface area contributed by atoms with E-state index in [0.717, 1.165) is 5.56 Å². The average molecular weight is 269 g/mol. The third-order valence-corrected chi connectivity index (χ3v) is 2.66. The van der Waals surface area contributed by atoms with Crippen molar-refractivity contribution in [1.82, 2.24) is 10.3 Å². The molecule has 1 amide bonds. The number of aromatic nitrogens is 1. The van der Waals surface area contributed by atoms with Crippen molar-refractivity contribution in [3.8, 4) is 0 Å². The molecule has 1 unspecified atom stereocenters. The minimum Gasteiger partial charge on any atom is -0.391 e. The lowest BCUT2D eigenvalue weighted by Crippen LogP contribution is -2.33. The van der Waals surface area contributed by atoms with Crippen LogP contribution in [0.2, 0.25) is 5.15 Å². The van der Waals surface area contributed by atoms with Gasteiger partial charge in [0.2, 0.25) is 5.91 Å². The van der Waals surface area contributed by atoms with E-state index in [-0.39, 0.29) is 18.4 Å². The summed E-state index contributed by atoms with van der Waals surface area (Å²) in [5.41, 5.74) is 0.791. The number of carbonyl (C=O) groups excluding carboxylic acids is 1. The van der Waals surface area contributed by atoms with Gasteiger partial charge in [-0.1, -0.05) is 31.5 Å². The molecule has 1 aromatic rings. The van der Waals surface area contributed by atoms with E-state index < -0.39 is 6.10 Å². The minimum absolute atomic E-state index is 0.120. The molecule has 5 heteroatoms. The van der Waals surface area contributed by atoms with Crippen molar-refractivity contribution in [2.75, 3.05) is 6.54 Å². The first kappa shape index (κ1) is 14.7. The van der Waals surface area contributed by atoms with Crippen molar-refractivity contribution in [3.05, 3.63) is 35.1 Å². The van der Waals surface area contributed by atoms with Gasteiger partial charge in [0.05, 0.1) is 6.10 Å². The fourth-order valence-corrected chi connectivity index (χ4v) is 1.27. The van der Waals surface area contributed by atoms with Gasteiger partial charge in [-0.25, -0.2) is 4.98 Å². The molecule has 1 atom stereocenters. The second-order valence-electron chi connectivity index (χ2n) is 4.30. The van der Waals surface area contributed by atoms with E-state index in [1.165, 1.54) is 6.08 Å². The Morgan fingerprint density at radius 2 is 2.28 bits per heavy atom. The fourth-order valence-electron chi connectivity index (χ4n) is 1.16. The van der Waals surface area contributed by atoms with Gasteiger partial charge in [0.1, 0.15) is 5.15 Å². The standard InChI is InChI=1S/C13H17ClN2O2/c1-9(2)11(17)8-16-13(18)6-4-10-3-5-12(14)15-7-10/h3-7,9,11,17H,8H2,1-2H3,(H,16,18)/b6-4+. The summed E-state index contributed by atoms with van der Waals surface area (Å²) in [5.74, 6) is -0.126. The van der Waals surface area contributed by atoms with Crippen LogP contribution >= 0.6 is 11.6 Å². The molecule has 0 fully saturated rings. The minimum atomic E-state index is -0.528. The lowest BCUT2D eigenvalue weighted by Gasteiger charge is -2.13. The first-order valence-electron chi connectivity index (χ1n) is 5.74. The molecule has 1 rings (SSSR count). The summed E-state index contributed by atoms with van der Waals surface area (Å²) in [7, 11) is 0. The van der Waals surface area contributed by atoms with Crippen LogP contribution in [-0.4, -0.2) is 28.6 Å². The van der Waals surface area contributed by atoms with E-state index in [1.54, 1.807) is 24.4 Å². The van der Waals surface area contributed by atoms with Crippen LogP contribution in [0, 0.1) is 5.92 Å². The molecular weight excluding hydrogens is 252 g/mol. The van der Waals surface area contributed by atoms with Crippen molar-refractivity contribution in [3.63, 3.8) is 0 Å². The first-order chi connectivity index (χ1) is 8.49. The molecule has 98 valence electrons. The number of rotatable bonds is 5. The molecule has 2 N–H and O–H groups in total. The third kappa shape index (κ3) is 5.29. The highest BCUT2D eigenvalue weighted by Gasteiger charge is 2.09. The van der Waals surface area contributed by atoms with Gasteiger partial charge >= 0.3 is 0 Å². The van der Waals surface area contributed by atoms with Crippen molar-refractivity contribution in [2.45, 2.75) is 20.0 Å². The number of aliphatic hydroxyl groups excluding tert-OH is 1. The number of amides is 1. The van der Waals surface area contributed by atoms with Crippen LogP contribution in [0.3, 0.4) is 0 Å². The maximum atomic E-state index is 11.5. The number of nitrogens with zero attached hydrogens (tertiary/aromatic N) is 1. The van der Waals surface area contributed by atoms with Crippen molar-refractivity contribution < 1.29 is 9.90 Å². The van der Waals surface area contributed by atoms with Crippen molar-refractivity contribution >= 4 is 23.6 Å². The number of hydrogen-bond acceptors (Lipinski definition) is 3. The van der Waals surface area contributed by atoms with E-state index in [0.29, 0.717) is 5.15 Å². The topological polar surface area (TPSA) is 62.2 Å². The van der Waals surface area contributed by atoms with Crippen LogP contribution in [0.25, 0.3) is 6.08 Å². The van der Waals surface area contributed by atoms with Crippen molar-refractivity contribution in [2.24, 2.45) is 5.92 Å². The molecule has 0 radical (unpaired) electrons. The molecular formula is C13H17ClN2O2. The number of pyridine rings is 1. The molecule has 18 heavy (non-hydrogen) atoms. The van der Waals surface area contributed by atoms with Crippen LogP contribution in [0.4, 0.5) is 0 Å². The van der Waals surface area contributed by atoms with Gasteiger partial charge in [-0.2, -0.15) is 0 Å². The Hall–Kier alpha value is -1.39. The summed E-state index contributed by atoms with van der Waals surface area (Å²) < 4.78 is 0. The number of halogens is 1. The summed E-state index contributed by atoms with van der Waals surface area (Å²) in [4.78, 5) is 15.4. The summed E-state index contributed by atoms with van der Waals surface area (Å²) >= 11 is 5.65. The monoisotopic (exact) mass is 268 g/mol. The number of hydrogen-bond donors (Lipinski definition) is 2. The largest absolute Gasteiger partial charge is 0.391 e. The van der Waals surface area contributed by atoms with Crippen LogP contribution in [0.15, 0.2) is 24.4 Å². The Labute approximate surface area is 112 Å². The van der Waals surface area contributed by atoms with Gasteiger partial charge in [0.15, 0.2) is 0 Å².